The second-order valence-electron chi connectivity index (χ2n) is 3.57. The van der Waals surface area contributed by atoms with Crippen molar-refractivity contribution in [3.63, 3.8) is 0 Å². The van der Waals surface area contributed by atoms with E-state index in [1.54, 1.807) is 0 Å². The number of nitrogens with one attached hydrogen (secondary N) is 1. The molecule has 0 unspecified atom stereocenters. The molecule has 0 aliphatic carbocycles. The highest BCUT2D eigenvalue weighted by molar-refractivity contribution is 7.21. The number of H-pyrrole nitrogens is 1. The fourth-order valence-corrected chi connectivity index (χ4v) is 2.76. The molecular formula is C12H7ClN2OS. The number of aromatic amines is 1. The molecule has 3 rings (SSSR count). The van der Waals surface area contributed by atoms with Crippen LogP contribution in [0.2, 0.25) is 5.02 Å². The number of hydrogen-bond donors (Lipinski definition) is 1. The van der Waals surface area contributed by atoms with Crippen molar-refractivity contribution in [2.24, 2.45) is 0 Å². The van der Waals surface area contributed by atoms with Gasteiger partial charge in [-0.05, 0) is 23.8 Å². The molecule has 1 N–H and O–H groups in total. The number of benzene rings is 1. The second kappa shape index (κ2) is 3.98. The fourth-order valence-electron chi connectivity index (χ4n) is 1.62. The molecule has 3 nitrogen and oxygen atoms in total. The molecule has 0 aliphatic heterocycles. The van der Waals surface area contributed by atoms with Gasteiger partial charge in [-0.1, -0.05) is 23.7 Å². The Labute approximate surface area is 106 Å². The molecule has 2 aromatic heterocycles. The molecular weight excluding hydrogens is 256 g/mol. The van der Waals surface area contributed by atoms with Crippen LogP contribution in [0.3, 0.4) is 0 Å². The van der Waals surface area contributed by atoms with E-state index in [4.69, 9.17) is 11.6 Å². The van der Waals surface area contributed by atoms with E-state index in [9.17, 15) is 4.79 Å². The predicted octanol–water partition coefficient (Wildman–Crippen LogP) is 3.31. The third-order valence-corrected chi connectivity index (χ3v) is 3.81. The predicted molar refractivity (Wildman–Crippen MR) is 70.7 cm³/mol. The summed E-state index contributed by atoms with van der Waals surface area (Å²) in [6, 6.07) is 9.38. The molecule has 1 aromatic carbocycles. The van der Waals surface area contributed by atoms with E-state index in [0.717, 1.165) is 15.3 Å². The lowest BCUT2D eigenvalue weighted by Gasteiger charge is -1.95. The van der Waals surface area contributed by atoms with Gasteiger partial charge >= 0.3 is 0 Å². The van der Waals surface area contributed by atoms with Crippen molar-refractivity contribution in [1.29, 1.82) is 0 Å². The van der Waals surface area contributed by atoms with Crippen LogP contribution in [0.25, 0.3) is 20.7 Å². The van der Waals surface area contributed by atoms with E-state index >= 15 is 0 Å². The Morgan fingerprint density at radius 3 is 2.71 bits per heavy atom. The maximum absolute atomic E-state index is 11.6. The topological polar surface area (TPSA) is 45.8 Å². The van der Waals surface area contributed by atoms with Crippen LogP contribution in [-0.4, -0.2) is 9.97 Å². The summed E-state index contributed by atoms with van der Waals surface area (Å²) in [6.45, 7) is 0. The van der Waals surface area contributed by atoms with E-state index in [1.807, 2.05) is 30.3 Å². The first kappa shape index (κ1) is 10.5. The number of thiophene rings is 1. The van der Waals surface area contributed by atoms with Gasteiger partial charge in [0.25, 0.3) is 5.56 Å². The normalized spacial score (nSPS) is 10.9. The molecule has 0 atom stereocenters. The van der Waals surface area contributed by atoms with Crippen molar-refractivity contribution in [1.82, 2.24) is 9.97 Å². The quantitative estimate of drug-likeness (QED) is 0.731. The first-order valence-corrected chi connectivity index (χ1v) is 6.17. The lowest BCUT2D eigenvalue weighted by molar-refractivity contribution is 1.18. The highest BCUT2D eigenvalue weighted by atomic mass is 35.5. The molecule has 2 heterocycles. The smallest absolute Gasteiger partial charge is 0.259 e. The lowest BCUT2D eigenvalue weighted by atomic mass is 10.2. The van der Waals surface area contributed by atoms with Crippen LogP contribution in [-0.2, 0) is 0 Å². The zero-order chi connectivity index (χ0) is 11.8. The molecule has 0 saturated heterocycles. The van der Waals surface area contributed by atoms with Crippen LogP contribution in [0, 0.1) is 0 Å². The average molecular weight is 263 g/mol. The van der Waals surface area contributed by atoms with Crippen LogP contribution in [0.15, 0.2) is 41.5 Å². The summed E-state index contributed by atoms with van der Waals surface area (Å²) in [5.41, 5.74) is 0.934. The van der Waals surface area contributed by atoms with E-state index in [1.165, 1.54) is 17.7 Å². The van der Waals surface area contributed by atoms with Crippen molar-refractivity contribution in [3.05, 3.63) is 52.0 Å². The summed E-state index contributed by atoms with van der Waals surface area (Å²) in [6.07, 6.45) is 1.42. The number of halogens is 1. The Morgan fingerprint density at radius 1 is 1.24 bits per heavy atom. The van der Waals surface area contributed by atoms with E-state index < -0.39 is 0 Å². The van der Waals surface area contributed by atoms with Crippen LogP contribution in [0.1, 0.15) is 0 Å². The van der Waals surface area contributed by atoms with Crippen molar-refractivity contribution in [2.45, 2.75) is 0 Å². The first-order chi connectivity index (χ1) is 8.24. The zero-order valence-corrected chi connectivity index (χ0v) is 10.2. The first-order valence-electron chi connectivity index (χ1n) is 4.97. The largest absolute Gasteiger partial charge is 0.313 e. The molecule has 0 fully saturated rings. The Morgan fingerprint density at radius 2 is 2.00 bits per heavy atom. The maximum Gasteiger partial charge on any atom is 0.259 e. The van der Waals surface area contributed by atoms with Gasteiger partial charge in [-0.25, -0.2) is 4.98 Å². The Bertz CT molecular complexity index is 730. The minimum Gasteiger partial charge on any atom is -0.313 e. The monoisotopic (exact) mass is 262 g/mol. The summed E-state index contributed by atoms with van der Waals surface area (Å²) in [4.78, 5) is 20.0. The van der Waals surface area contributed by atoms with Crippen LogP contribution in [0.5, 0.6) is 0 Å². The number of nitrogens with zero attached hydrogens (tertiary/aromatic N) is 1. The van der Waals surface area contributed by atoms with Crippen LogP contribution < -0.4 is 5.56 Å². The summed E-state index contributed by atoms with van der Waals surface area (Å²) < 4.78 is 0. The summed E-state index contributed by atoms with van der Waals surface area (Å²) in [5, 5.41) is 1.33. The maximum atomic E-state index is 11.6. The molecule has 0 radical (unpaired) electrons. The average Bonchev–Trinajstić information content (AvgIpc) is 2.75. The van der Waals surface area contributed by atoms with Crippen molar-refractivity contribution in [2.75, 3.05) is 0 Å². The standard InChI is InChI=1S/C12H7ClN2OS/c13-8-3-1-7(2-4-8)10-5-9-11(16)14-6-15-12(9)17-10/h1-6H,(H,14,15,16). The zero-order valence-electron chi connectivity index (χ0n) is 8.61. The molecule has 0 aliphatic rings. The van der Waals surface area contributed by atoms with Gasteiger partial charge in [0.2, 0.25) is 0 Å². The number of aromatic nitrogens is 2. The van der Waals surface area contributed by atoms with Gasteiger partial charge in [-0.3, -0.25) is 4.79 Å². The number of hydrogen-bond acceptors (Lipinski definition) is 3. The molecule has 0 amide bonds. The van der Waals surface area contributed by atoms with Crippen molar-refractivity contribution < 1.29 is 0 Å². The summed E-state index contributed by atoms with van der Waals surface area (Å²) in [5.74, 6) is 0. The minimum atomic E-state index is -0.105. The second-order valence-corrected chi connectivity index (χ2v) is 5.04. The van der Waals surface area contributed by atoms with Crippen molar-refractivity contribution in [3.8, 4) is 10.4 Å². The van der Waals surface area contributed by atoms with Gasteiger partial charge < -0.3 is 4.98 Å². The Balaban J connectivity index is 2.21. The Hall–Kier alpha value is -1.65. The highest BCUT2D eigenvalue weighted by Gasteiger charge is 2.07. The molecule has 0 saturated carbocycles. The van der Waals surface area contributed by atoms with Gasteiger partial charge in [0.1, 0.15) is 4.83 Å². The Kier molecular flexibility index (Phi) is 2.46. The molecule has 5 heteroatoms. The van der Waals surface area contributed by atoms with Crippen LogP contribution in [0.4, 0.5) is 0 Å². The third kappa shape index (κ3) is 1.85. The van der Waals surface area contributed by atoms with Gasteiger partial charge in [0.05, 0.1) is 11.7 Å². The molecule has 3 aromatic rings. The van der Waals surface area contributed by atoms with E-state index in [0.29, 0.717) is 10.4 Å². The van der Waals surface area contributed by atoms with Gasteiger partial charge in [0.15, 0.2) is 0 Å². The lowest BCUT2D eigenvalue weighted by Crippen LogP contribution is -2.03. The van der Waals surface area contributed by atoms with Gasteiger partial charge in [-0.15, -0.1) is 11.3 Å². The summed E-state index contributed by atoms with van der Waals surface area (Å²) >= 11 is 7.34. The van der Waals surface area contributed by atoms with E-state index in [2.05, 4.69) is 9.97 Å². The molecule has 0 spiro atoms. The molecule has 17 heavy (non-hydrogen) atoms. The number of rotatable bonds is 1. The fraction of sp³-hybridized carbons (Fsp3) is 0. The molecule has 0 bridgehead atoms. The molecule has 84 valence electrons. The van der Waals surface area contributed by atoms with Gasteiger partial charge in [0, 0.05) is 9.90 Å². The highest BCUT2D eigenvalue weighted by Crippen LogP contribution is 2.31. The van der Waals surface area contributed by atoms with Gasteiger partial charge in [-0.2, -0.15) is 0 Å². The summed E-state index contributed by atoms with van der Waals surface area (Å²) in [7, 11) is 0. The minimum absolute atomic E-state index is 0.105. The van der Waals surface area contributed by atoms with Crippen molar-refractivity contribution >= 4 is 33.2 Å². The van der Waals surface area contributed by atoms with Crippen LogP contribution >= 0.6 is 22.9 Å². The van der Waals surface area contributed by atoms with E-state index in [-0.39, 0.29) is 5.56 Å². The third-order valence-electron chi connectivity index (χ3n) is 2.46. The number of fused-ring (bicyclic) bond motifs is 1. The SMILES string of the molecule is O=c1[nH]cnc2sc(-c3ccc(Cl)cc3)cc12.